The lowest BCUT2D eigenvalue weighted by molar-refractivity contribution is -0.137. The van der Waals surface area contributed by atoms with Crippen molar-refractivity contribution >= 4 is 16.8 Å². The van der Waals surface area contributed by atoms with Crippen LogP contribution in [0.1, 0.15) is 34.6 Å². The highest BCUT2D eigenvalue weighted by Crippen LogP contribution is 2.31. The van der Waals surface area contributed by atoms with Crippen molar-refractivity contribution in [2.24, 2.45) is 0 Å². The molecule has 2 aromatic carbocycles. The van der Waals surface area contributed by atoms with Crippen LogP contribution in [0.25, 0.3) is 22.2 Å². The first-order chi connectivity index (χ1) is 13.8. The zero-order chi connectivity index (χ0) is 20.6. The number of amides is 1. The van der Waals surface area contributed by atoms with E-state index >= 15 is 0 Å². The molecule has 0 aliphatic rings. The van der Waals surface area contributed by atoms with Gasteiger partial charge < -0.3 is 9.84 Å². The zero-order valence-corrected chi connectivity index (χ0v) is 15.1. The van der Waals surface area contributed by atoms with Crippen LogP contribution >= 0.6 is 0 Å². The molecule has 0 radical (unpaired) electrons. The van der Waals surface area contributed by atoms with Crippen molar-refractivity contribution in [2.45, 2.75) is 19.1 Å². The van der Waals surface area contributed by atoms with Crippen LogP contribution in [0.3, 0.4) is 0 Å². The Morgan fingerprint density at radius 2 is 2.00 bits per heavy atom. The Labute approximate surface area is 162 Å². The minimum absolute atomic E-state index is 0.0334. The first kappa shape index (κ1) is 18.7. The highest BCUT2D eigenvalue weighted by molar-refractivity contribution is 5.93. The molecule has 0 fully saturated rings. The highest BCUT2D eigenvalue weighted by Gasteiger charge is 2.30. The molecule has 0 spiro atoms. The minimum Gasteiger partial charge on any atom is -0.355 e. The molecule has 9 heteroatoms. The van der Waals surface area contributed by atoms with E-state index in [1.807, 2.05) is 12.1 Å². The van der Waals surface area contributed by atoms with Gasteiger partial charge >= 0.3 is 6.18 Å². The van der Waals surface area contributed by atoms with Crippen LogP contribution in [-0.2, 0) is 6.18 Å². The molecular weight excluding hydrogens is 385 g/mol. The van der Waals surface area contributed by atoms with Crippen LogP contribution in [0.4, 0.5) is 13.2 Å². The Morgan fingerprint density at radius 3 is 2.79 bits per heavy atom. The lowest BCUT2D eigenvalue weighted by Crippen LogP contribution is -2.27. The number of carbonyl (C=O) groups excluding carboxylic acids is 1. The predicted octanol–water partition coefficient (Wildman–Crippen LogP) is 4.73. The number of carbonyl (C=O) groups is 1. The number of rotatable bonds is 4. The number of halogens is 3. The summed E-state index contributed by atoms with van der Waals surface area (Å²) in [5, 5.41) is 14.1. The van der Waals surface area contributed by atoms with Gasteiger partial charge in [0.05, 0.1) is 23.3 Å². The second kappa shape index (κ2) is 7.08. The molecule has 2 N–H and O–H groups in total. The topological polar surface area (TPSA) is 83.8 Å². The molecule has 4 rings (SSSR count). The molecule has 148 valence electrons. The average Bonchev–Trinajstić information content (AvgIpc) is 3.36. The van der Waals surface area contributed by atoms with Gasteiger partial charge in [-0.25, -0.2) is 0 Å². The standard InChI is InChI=1S/C20H15F3N4O2/c1-11(12-3-2-4-15(8-12)20(21,22)23)25-19(28)17-9-18(29-27-17)13-5-6-16-14(7-13)10-24-26-16/h2-11H,1H3,(H,24,26)(H,25,28). The molecule has 1 atom stereocenters. The number of hydrogen-bond acceptors (Lipinski definition) is 4. The summed E-state index contributed by atoms with van der Waals surface area (Å²) >= 11 is 0. The van der Waals surface area contributed by atoms with Gasteiger partial charge in [0.15, 0.2) is 11.5 Å². The van der Waals surface area contributed by atoms with Crippen LogP contribution in [0.15, 0.2) is 59.3 Å². The Bertz CT molecular complexity index is 1180. The lowest BCUT2D eigenvalue weighted by atomic mass is 10.0. The fraction of sp³-hybridized carbons (Fsp3) is 0.150. The summed E-state index contributed by atoms with van der Waals surface area (Å²) in [6, 6.07) is 11.1. The van der Waals surface area contributed by atoms with Crippen molar-refractivity contribution in [3.05, 3.63) is 71.5 Å². The maximum atomic E-state index is 12.9. The molecule has 1 unspecified atom stereocenters. The van der Waals surface area contributed by atoms with E-state index in [1.165, 1.54) is 18.2 Å². The molecule has 4 aromatic rings. The number of nitrogens with zero attached hydrogens (tertiary/aromatic N) is 2. The van der Waals surface area contributed by atoms with E-state index in [1.54, 1.807) is 19.2 Å². The maximum absolute atomic E-state index is 12.9. The van der Waals surface area contributed by atoms with Crippen molar-refractivity contribution in [3.8, 4) is 11.3 Å². The SMILES string of the molecule is CC(NC(=O)c1cc(-c2ccc3[nH]ncc3c2)on1)c1cccc(C(F)(F)F)c1. The molecule has 6 nitrogen and oxygen atoms in total. The monoisotopic (exact) mass is 400 g/mol. The van der Waals surface area contributed by atoms with Gasteiger partial charge in [-0.3, -0.25) is 9.89 Å². The Hall–Kier alpha value is -3.62. The van der Waals surface area contributed by atoms with Crippen LogP contribution in [0.2, 0.25) is 0 Å². The minimum atomic E-state index is -4.45. The Balaban J connectivity index is 1.50. The normalized spacial score (nSPS) is 12.8. The molecule has 0 bridgehead atoms. The van der Waals surface area contributed by atoms with Crippen molar-refractivity contribution in [3.63, 3.8) is 0 Å². The smallest absolute Gasteiger partial charge is 0.355 e. The third-order valence-electron chi connectivity index (χ3n) is 4.53. The van der Waals surface area contributed by atoms with Gasteiger partial charge in [0, 0.05) is 17.0 Å². The van der Waals surface area contributed by atoms with Crippen LogP contribution in [0, 0.1) is 0 Å². The molecule has 1 amide bonds. The quantitative estimate of drug-likeness (QED) is 0.519. The highest BCUT2D eigenvalue weighted by atomic mass is 19.4. The van der Waals surface area contributed by atoms with Crippen molar-refractivity contribution in [1.82, 2.24) is 20.7 Å². The fourth-order valence-electron chi connectivity index (χ4n) is 2.95. The molecule has 0 aliphatic heterocycles. The first-order valence-corrected chi connectivity index (χ1v) is 8.69. The number of hydrogen-bond donors (Lipinski definition) is 2. The number of alkyl halides is 3. The van der Waals surface area contributed by atoms with E-state index in [4.69, 9.17) is 4.52 Å². The molecular formula is C20H15F3N4O2. The second-order valence-corrected chi connectivity index (χ2v) is 6.57. The van der Waals surface area contributed by atoms with Crippen molar-refractivity contribution < 1.29 is 22.5 Å². The van der Waals surface area contributed by atoms with Crippen molar-refractivity contribution in [1.29, 1.82) is 0 Å². The summed E-state index contributed by atoms with van der Waals surface area (Å²) in [4.78, 5) is 12.5. The van der Waals surface area contributed by atoms with Gasteiger partial charge in [-0.1, -0.05) is 17.3 Å². The number of H-pyrrole nitrogens is 1. The van der Waals surface area contributed by atoms with E-state index in [2.05, 4.69) is 20.7 Å². The van der Waals surface area contributed by atoms with Gasteiger partial charge in [0.2, 0.25) is 0 Å². The summed E-state index contributed by atoms with van der Waals surface area (Å²) in [6.07, 6.45) is -2.78. The van der Waals surface area contributed by atoms with E-state index in [0.717, 1.165) is 28.6 Å². The fourth-order valence-corrected chi connectivity index (χ4v) is 2.95. The number of aromatic amines is 1. The molecule has 0 aliphatic carbocycles. The second-order valence-electron chi connectivity index (χ2n) is 6.57. The van der Waals surface area contributed by atoms with Crippen LogP contribution in [0.5, 0.6) is 0 Å². The van der Waals surface area contributed by atoms with Gasteiger partial charge in [0.1, 0.15) is 0 Å². The van der Waals surface area contributed by atoms with Gasteiger partial charge in [-0.05, 0) is 42.8 Å². The van der Waals surface area contributed by atoms with E-state index < -0.39 is 23.7 Å². The Morgan fingerprint density at radius 1 is 1.17 bits per heavy atom. The van der Waals surface area contributed by atoms with E-state index in [9.17, 15) is 18.0 Å². The lowest BCUT2D eigenvalue weighted by Gasteiger charge is -2.15. The van der Waals surface area contributed by atoms with Crippen molar-refractivity contribution in [2.75, 3.05) is 0 Å². The summed E-state index contributed by atoms with van der Waals surface area (Å²) in [7, 11) is 0. The summed E-state index contributed by atoms with van der Waals surface area (Å²) in [5.74, 6) is -0.153. The number of aromatic nitrogens is 3. The Kier molecular flexibility index (Phi) is 4.57. The van der Waals surface area contributed by atoms with E-state index in [0.29, 0.717) is 11.3 Å². The summed E-state index contributed by atoms with van der Waals surface area (Å²) in [5.41, 5.74) is 1.18. The number of nitrogens with one attached hydrogen (secondary N) is 2. The summed E-state index contributed by atoms with van der Waals surface area (Å²) in [6.45, 7) is 1.60. The van der Waals surface area contributed by atoms with Gasteiger partial charge in [-0.2, -0.15) is 18.3 Å². The molecule has 2 aromatic heterocycles. The molecule has 2 heterocycles. The molecule has 29 heavy (non-hydrogen) atoms. The molecule has 0 saturated carbocycles. The number of fused-ring (bicyclic) bond motifs is 1. The third kappa shape index (κ3) is 3.84. The van der Waals surface area contributed by atoms with E-state index in [-0.39, 0.29) is 5.69 Å². The maximum Gasteiger partial charge on any atom is 0.416 e. The predicted molar refractivity (Wildman–Crippen MR) is 98.9 cm³/mol. The first-order valence-electron chi connectivity index (χ1n) is 8.69. The number of benzene rings is 2. The van der Waals surface area contributed by atoms with Crippen LogP contribution < -0.4 is 5.32 Å². The summed E-state index contributed by atoms with van der Waals surface area (Å²) < 4.78 is 43.9. The molecule has 0 saturated heterocycles. The van der Waals surface area contributed by atoms with Crippen LogP contribution in [-0.4, -0.2) is 21.3 Å². The van der Waals surface area contributed by atoms with Gasteiger partial charge in [0.25, 0.3) is 5.91 Å². The largest absolute Gasteiger partial charge is 0.416 e. The third-order valence-corrected chi connectivity index (χ3v) is 4.53. The zero-order valence-electron chi connectivity index (χ0n) is 15.1. The average molecular weight is 400 g/mol. The van der Waals surface area contributed by atoms with Gasteiger partial charge in [-0.15, -0.1) is 0 Å².